The first-order valence-corrected chi connectivity index (χ1v) is 7.61. The van der Waals surface area contributed by atoms with Crippen LogP contribution in [0.15, 0.2) is 29.9 Å². The standard InChI is InChI=1S/C20H24/c1-11-12(2)14(4)20-16(6)18(17-9-7-8-10-17)15(5)19(20)13(11)3/h7-10,15,17H,1-6H3. The van der Waals surface area contributed by atoms with Crippen molar-refractivity contribution in [2.24, 2.45) is 5.92 Å². The van der Waals surface area contributed by atoms with Crippen LogP contribution in [0.25, 0.3) is 5.57 Å². The normalized spacial score (nSPS) is 21.2. The Labute approximate surface area is 122 Å². The summed E-state index contributed by atoms with van der Waals surface area (Å²) in [5.74, 6) is 1.04. The molecule has 0 N–H and O–H groups in total. The minimum atomic E-state index is 0.497. The van der Waals surface area contributed by atoms with Gasteiger partial charge >= 0.3 is 0 Å². The van der Waals surface area contributed by atoms with E-state index in [9.17, 15) is 0 Å². The second-order valence-corrected chi connectivity index (χ2v) is 6.39. The Hall–Kier alpha value is -1.56. The molecule has 0 saturated carbocycles. The number of allylic oxidation sites excluding steroid dienone is 6. The third-order valence-electron chi connectivity index (χ3n) is 5.55. The van der Waals surface area contributed by atoms with Gasteiger partial charge in [0.15, 0.2) is 0 Å². The number of rotatable bonds is 1. The topological polar surface area (TPSA) is 0 Å². The maximum atomic E-state index is 2.38. The van der Waals surface area contributed by atoms with Crippen molar-refractivity contribution in [2.75, 3.05) is 0 Å². The number of benzene rings is 1. The van der Waals surface area contributed by atoms with Crippen LogP contribution in [-0.2, 0) is 0 Å². The first kappa shape index (κ1) is 13.4. The van der Waals surface area contributed by atoms with Crippen molar-refractivity contribution in [2.45, 2.75) is 47.5 Å². The second kappa shape index (κ2) is 4.48. The van der Waals surface area contributed by atoms with Gasteiger partial charge in [-0.2, -0.15) is 0 Å². The third kappa shape index (κ3) is 1.60. The summed E-state index contributed by atoms with van der Waals surface area (Å²) in [4.78, 5) is 0. The van der Waals surface area contributed by atoms with E-state index in [1.54, 1.807) is 11.1 Å². The van der Waals surface area contributed by atoms with Gasteiger partial charge in [-0.3, -0.25) is 0 Å². The van der Waals surface area contributed by atoms with Crippen molar-refractivity contribution >= 4 is 5.57 Å². The van der Waals surface area contributed by atoms with Crippen molar-refractivity contribution in [3.8, 4) is 0 Å². The van der Waals surface area contributed by atoms with Crippen LogP contribution in [0.5, 0.6) is 0 Å². The molecule has 0 saturated heterocycles. The Balaban J connectivity index is 2.27. The summed E-state index contributed by atoms with van der Waals surface area (Å²) in [5.41, 5.74) is 12.1. The fraction of sp³-hybridized carbons (Fsp3) is 0.400. The van der Waals surface area contributed by atoms with Crippen LogP contribution >= 0.6 is 0 Å². The van der Waals surface area contributed by atoms with E-state index in [2.05, 4.69) is 65.8 Å². The highest BCUT2D eigenvalue weighted by Gasteiger charge is 2.33. The van der Waals surface area contributed by atoms with E-state index in [-0.39, 0.29) is 0 Å². The molecule has 0 heterocycles. The fourth-order valence-corrected chi connectivity index (χ4v) is 4.17. The Morgan fingerprint density at radius 1 is 0.750 bits per heavy atom. The molecular formula is C20H24. The maximum absolute atomic E-state index is 2.38. The lowest BCUT2D eigenvalue weighted by Gasteiger charge is -2.20. The molecule has 0 aromatic heterocycles. The van der Waals surface area contributed by atoms with Gasteiger partial charge in [0, 0.05) is 11.8 Å². The molecule has 0 amide bonds. The molecule has 0 radical (unpaired) electrons. The van der Waals surface area contributed by atoms with E-state index >= 15 is 0 Å². The van der Waals surface area contributed by atoms with Gasteiger partial charge in [-0.1, -0.05) is 31.2 Å². The minimum absolute atomic E-state index is 0.497. The zero-order valence-corrected chi connectivity index (χ0v) is 13.5. The molecule has 3 rings (SSSR count). The summed E-state index contributed by atoms with van der Waals surface area (Å²) in [6, 6.07) is 0. The summed E-state index contributed by atoms with van der Waals surface area (Å²) in [5, 5.41) is 0. The van der Waals surface area contributed by atoms with Gasteiger partial charge < -0.3 is 0 Å². The molecule has 1 unspecified atom stereocenters. The molecule has 20 heavy (non-hydrogen) atoms. The van der Waals surface area contributed by atoms with Gasteiger partial charge in [-0.05, 0) is 79.1 Å². The molecule has 0 spiro atoms. The zero-order valence-electron chi connectivity index (χ0n) is 13.5. The van der Waals surface area contributed by atoms with Crippen LogP contribution in [-0.4, -0.2) is 0 Å². The molecule has 0 nitrogen and oxygen atoms in total. The lowest BCUT2D eigenvalue weighted by molar-refractivity contribution is 0.806. The zero-order chi connectivity index (χ0) is 14.6. The van der Waals surface area contributed by atoms with Crippen LogP contribution in [0.1, 0.15) is 53.1 Å². The predicted octanol–water partition coefficient (Wildman–Crippen LogP) is 5.55. The van der Waals surface area contributed by atoms with E-state index in [0.717, 1.165) is 0 Å². The average Bonchev–Trinajstić information content (AvgIpc) is 3.01. The first-order chi connectivity index (χ1) is 9.45. The second-order valence-electron chi connectivity index (χ2n) is 6.39. The molecule has 0 heteroatoms. The van der Waals surface area contributed by atoms with E-state index < -0.39 is 0 Å². The highest BCUT2D eigenvalue weighted by molar-refractivity contribution is 5.82. The van der Waals surface area contributed by atoms with Gasteiger partial charge in [0.1, 0.15) is 0 Å². The van der Waals surface area contributed by atoms with E-state index in [1.165, 1.54) is 33.4 Å². The smallest absolute Gasteiger partial charge is 0.0175 e. The summed E-state index contributed by atoms with van der Waals surface area (Å²) in [6.45, 7) is 13.8. The SMILES string of the molecule is CC1=C(C2C=CC=C2)C(C)c2c(C)c(C)c(C)c(C)c21. The van der Waals surface area contributed by atoms with Gasteiger partial charge in [0.2, 0.25) is 0 Å². The molecule has 1 aromatic carbocycles. The average molecular weight is 264 g/mol. The molecule has 2 aliphatic carbocycles. The first-order valence-electron chi connectivity index (χ1n) is 7.61. The summed E-state index contributed by atoms with van der Waals surface area (Å²) in [6.07, 6.45) is 9.00. The van der Waals surface area contributed by atoms with Crippen molar-refractivity contribution in [3.05, 3.63) is 63.3 Å². The van der Waals surface area contributed by atoms with E-state index in [0.29, 0.717) is 11.8 Å². The Morgan fingerprint density at radius 2 is 1.30 bits per heavy atom. The minimum Gasteiger partial charge on any atom is -0.0735 e. The van der Waals surface area contributed by atoms with Crippen LogP contribution < -0.4 is 0 Å². The van der Waals surface area contributed by atoms with Gasteiger partial charge in [0.05, 0.1) is 0 Å². The number of hydrogen-bond donors (Lipinski definition) is 0. The molecule has 1 atom stereocenters. The van der Waals surface area contributed by atoms with Gasteiger partial charge in [-0.15, -0.1) is 0 Å². The molecule has 2 aliphatic rings. The van der Waals surface area contributed by atoms with Crippen LogP contribution in [0.4, 0.5) is 0 Å². The van der Waals surface area contributed by atoms with Crippen molar-refractivity contribution in [1.82, 2.24) is 0 Å². The van der Waals surface area contributed by atoms with Crippen LogP contribution in [0.2, 0.25) is 0 Å². The predicted molar refractivity (Wildman–Crippen MR) is 88.2 cm³/mol. The third-order valence-corrected chi connectivity index (χ3v) is 5.55. The molecule has 104 valence electrons. The number of hydrogen-bond acceptors (Lipinski definition) is 0. The molecule has 1 aromatic rings. The molecular weight excluding hydrogens is 240 g/mol. The van der Waals surface area contributed by atoms with Crippen molar-refractivity contribution in [3.63, 3.8) is 0 Å². The monoisotopic (exact) mass is 264 g/mol. The highest BCUT2D eigenvalue weighted by Crippen LogP contribution is 2.49. The summed E-state index contributed by atoms with van der Waals surface area (Å²) in [7, 11) is 0. The summed E-state index contributed by atoms with van der Waals surface area (Å²) >= 11 is 0. The quantitative estimate of drug-likeness (QED) is 0.623. The molecule has 0 bridgehead atoms. The van der Waals surface area contributed by atoms with Crippen LogP contribution in [0, 0.1) is 33.6 Å². The van der Waals surface area contributed by atoms with Crippen LogP contribution in [0.3, 0.4) is 0 Å². The Bertz CT molecular complexity index is 669. The lowest BCUT2D eigenvalue weighted by Crippen LogP contribution is -2.05. The molecule has 0 aliphatic heterocycles. The highest BCUT2D eigenvalue weighted by atomic mass is 14.4. The Morgan fingerprint density at radius 3 is 1.90 bits per heavy atom. The molecule has 0 fully saturated rings. The van der Waals surface area contributed by atoms with Crippen molar-refractivity contribution < 1.29 is 0 Å². The summed E-state index contributed by atoms with van der Waals surface area (Å²) < 4.78 is 0. The van der Waals surface area contributed by atoms with E-state index in [4.69, 9.17) is 0 Å². The fourth-order valence-electron chi connectivity index (χ4n) is 4.17. The largest absolute Gasteiger partial charge is 0.0735 e. The number of fused-ring (bicyclic) bond motifs is 1. The van der Waals surface area contributed by atoms with Crippen molar-refractivity contribution in [1.29, 1.82) is 0 Å². The lowest BCUT2D eigenvalue weighted by atomic mass is 9.84. The maximum Gasteiger partial charge on any atom is 0.0175 e. The van der Waals surface area contributed by atoms with Gasteiger partial charge in [-0.25, -0.2) is 0 Å². The van der Waals surface area contributed by atoms with E-state index in [1.807, 2.05) is 0 Å². The van der Waals surface area contributed by atoms with Gasteiger partial charge in [0.25, 0.3) is 0 Å². The Kier molecular flexibility index (Phi) is 3.01.